The van der Waals surface area contributed by atoms with E-state index in [2.05, 4.69) is 35.9 Å². The predicted octanol–water partition coefficient (Wildman–Crippen LogP) is 5.89. The monoisotopic (exact) mass is 404 g/mol. The molecule has 0 radical (unpaired) electrons. The van der Waals surface area contributed by atoms with Crippen LogP contribution in [0.4, 0.5) is 10.1 Å². The third kappa shape index (κ3) is 15.5. The van der Waals surface area contributed by atoms with Gasteiger partial charge in [0.05, 0.1) is 6.07 Å². The molecule has 1 aliphatic rings. The van der Waals surface area contributed by atoms with Crippen LogP contribution >= 0.6 is 0 Å². The summed E-state index contributed by atoms with van der Waals surface area (Å²) in [6.45, 7) is 10.2. The minimum Gasteiger partial charge on any atom is -0.405 e. The van der Waals surface area contributed by atoms with Gasteiger partial charge in [0, 0.05) is 18.7 Å². The Bertz CT molecular complexity index is 562. The number of hydrogen-bond acceptors (Lipinski definition) is 4. The second-order valence-corrected chi connectivity index (χ2v) is 7.38. The Morgan fingerprint density at radius 2 is 1.90 bits per heavy atom. The molecule has 164 valence electrons. The van der Waals surface area contributed by atoms with Crippen LogP contribution in [-0.4, -0.2) is 19.6 Å². The molecule has 0 spiro atoms. The van der Waals surface area contributed by atoms with E-state index in [1.54, 1.807) is 12.1 Å². The van der Waals surface area contributed by atoms with E-state index in [-0.39, 0.29) is 5.82 Å². The fraction of sp³-hybridized carbons (Fsp3) is 0.625. The topological polar surface area (TPSA) is 73.9 Å². The fourth-order valence-electron chi connectivity index (χ4n) is 3.30. The smallest absolute Gasteiger partial charge is 0.125 e. The fourth-order valence-corrected chi connectivity index (χ4v) is 3.30. The normalized spacial score (nSPS) is 13.2. The van der Waals surface area contributed by atoms with Gasteiger partial charge in [-0.15, -0.1) is 0 Å². The number of nitrogens with zero attached hydrogens (tertiary/aromatic N) is 1. The molecule has 4 N–H and O–H groups in total. The standard InChI is InChI=1S/C13H21FN2.C9H15N.C2H5N/c1-3-15-8-4-5-9-16-13-10-12(14)7-6-11(13)2;10-8-4-7-9-5-2-1-3-6-9;1-2-3/h6-7,10,15-16H,3-5,8-9H2,1-2H3;9H,1-7H2;2H,1,3H2. The summed E-state index contributed by atoms with van der Waals surface area (Å²) >= 11 is 0. The van der Waals surface area contributed by atoms with Crippen LogP contribution in [0.3, 0.4) is 0 Å². The first-order valence-electron chi connectivity index (χ1n) is 11.0. The molecular weight excluding hydrogens is 363 g/mol. The van der Waals surface area contributed by atoms with E-state index in [1.807, 2.05) is 6.92 Å². The first kappa shape index (κ1) is 26.9. The van der Waals surface area contributed by atoms with Gasteiger partial charge in [-0.05, 0) is 69.1 Å². The number of nitrogens with two attached hydrogens (primary N) is 1. The maximum absolute atomic E-state index is 13.0. The van der Waals surface area contributed by atoms with E-state index < -0.39 is 0 Å². The van der Waals surface area contributed by atoms with Crippen molar-refractivity contribution >= 4 is 5.69 Å². The zero-order chi connectivity index (χ0) is 21.7. The zero-order valence-electron chi connectivity index (χ0n) is 18.5. The Hall–Kier alpha value is -2.06. The van der Waals surface area contributed by atoms with E-state index in [0.29, 0.717) is 0 Å². The summed E-state index contributed by atoms with van der Waals surface area (Å²) in [5, 5.41) is 14.9. The van der Waals surface area contributed by atoms with Gasteiger partial charge >= 0.3 is 0 Å². The summed E-state index contributed by atoms with van der Waals surface area (Å²) in [7, 11) is 0. The molecule has 0 aromatic heterocycles. The van der Waals surface area contributed by atoms with Gasteiger partial charge in [-0.1, -0.05) is 51.7 Å². The van der Waals surface area contributed by atoms with Crippen LogP contribution in [0.15, 0.2) is 31.0 Å². The number of unbranched alkanes of at least 4 members (excludes halogenated alkanes) is 1. The molecule has 0 amide bonds. The average molecular weight is 405 g/mol. The van der Waals surface area contributed by atoms with E-state index in [1.165, 1.54) is 44.4 Å². The van der Waals surface area contributed by atoms with Crippen LogP contribution in [-0.2, 0) is 0 Å². The Morgan fingerprint density at radius 1 is 1.24 bits per heavy atom. The van der Waals surface area contributed by atoms with Crippen molar-refractivity contribution in [2.75, 3.05) is 25.0 Å². The lowest BCUT2D eigenvalue weighted by molar-refractivity contribution is 0.342. The van der Waals surface area contributed by atoms with Gasteiger partial charge in [0.1, 0.15) is 5.82 Å². The van der Waals surface area contributed by atoms with Gasteiger partial charge < -0.3 is 16.4 Å². The molecule has 4 nitrogen and oxygen atoms in total. The first-order valence-corrected chi connectivity index (χ1v) is 11.0. The molecule has 0 heterocycles. The minimum absolute atomic E-state index is 0.180. The Balaban J connectivity index is 0.000000514. The number of rotatable bonds is 9. The molecule has 0 saturated heterocycles. The second kappa shape index (κ2) is 19.3. The Kier molecular flexibility index (Phi) is 17.9. The number of hydrogen-bond donors (Lipinski definition) is 3. The van der Waals surface area contributed by atoms with Crippen molar-refractivity contribution in [3.05, 3.63) is 42.4 Å². The highest BCUT2D eigenvalue weighted by Crippen LogP contribution is 2.26. The molecule has 1 aromatic carbocycles. The van der Waals surface area contributed by atoms with Gasteiger partial charge in [0.2, 0.25) is 0 Å². The van der Waals surface area contributed by atoms with E-state index in [0.717, 1.165) is 62.5 Å². The molecule has 5 heteroatoms. The first-order chi connectivity index (χ1) is 14.1. The van der Waals surface area contributed by atoms with Crippen LogP contribution < -0.4 is 16.4 Å². The Labute approximate surface area is 177 Å². The van der Waals surface area contributed by atoms with Gasteiger partial charge in [-0.3, -0.25) is 0 Å². The highest BCUT2D eigenvalue weighted by Gasteiger charge is 2.11. The average Bonchev–Trinajstić information content (AvgIpc) is 2.73. The van der Waals surface area contributed by atoms with Crippen LogP contribution in [0.25, 0.3) is 0 Å². The number of aryl methyl sites for hydroxylation is 1. The largest absolute Gasteiger partial charge is 0.405 e. The lowest BCUT2D eigenvalue weighted by atomic mass is 9.86. The zero-order valence-corrected chi connectivity index (χ0v) is 18.5. The highest BCUT2D eigenvalue weighted by molar-refractivity contribution is 5.50. The third-order valence-corrected chi connectivity index (χ3v) is 4.93. The number of benzene rings is 1. The van der Waals surface area contributed by atoms with Crippen molar-refractivity contribution in [1.82, 2.24) is 5.32 Å². The van der Waals surface area contributed by atoms with E-state index in [4.69, 9.17) is 5.26 Å². The van der Waals surface area contributed by atoms with E-state index in [9.17, 15) is 4.39 Å². The van der Waals surface area contributed by atoms with Gasteiger partial charge in [0.25, 0.3) is 0 Å². The molecule has 0 unspecified atom stereocenters. The number of halogens is 1. The lowest BCUT2D eigenvalue weighted by Crippen LogP contribution is -2.15. The van der Waals surface area contributed by atoms with Crippen LogP contribution in [0.1, 0.15) is 70.3 Å². The van der Waals surface area contributed by atoms with Crippen LogP contribution in [0.5, 0.6) is 0 Å². The maximum atomic E-state index is 13.0. The molecule has 1 aromatic rings. The van der Waals surface area contributed by atoms with Gasteiger partial charge in [-0.2, -0.15) is 5.26 Å². The molecule has 29 heavy (non-hydrogen) atoms. The number of nitrogens with one attached hydrogen (secondary N) is 2. The van der Waals surface area contributed by atoms with Crippen LogP contribution in [0.2, 0.25) is 0 Å². The van der Waals surface area contributed by atoms with Gasteiger partial charge in [0.15, 0.2) is 0 Å². The van der Waals surface area contributed by atoms with Crippen molar-refractivity contribution in [2.24, 2.45) is 11.7 Å². The molecular formula is C24H41FN4. The van der Waals surface area contributed by atoms with Crippen molar-refractivity contribution in [2.45, 2.75) is 71.6 Å². The highest BCUT2D eigenvalue weighted by atomic mass is 19.1. The van der Waals surface area contributed by atoms with Crippen molar-refractivity contribution < 1.29 is 4.39 Å². The molecule has 0 aliphatic heterocycles. The summed E-state index contributed by atoms with van der Waals surface area (Å²) in [6.07, 6.45) is 12.4. The summed E-state index contributed by atoms with van der Waals surface area (Å²) in [5.41, 5.74) is 6.61. The molecule has 1 fully saturated rings. The second-order valence-electron chi connectivity index (χ2n) is 7.38. The minimum atomic E-state index is -0.180. The van der Waals surface area contributed by atoms with E-state index >= 15 is 0 Å². The summed E-state index contributed by atoms with van der Waals surface area (Å²) < 4.78 is 13.0. The number of nitriles is 1. The summed E-state index contributed by atoms with van der Waals surface area (Å²) in [5.74, 6) is 0.703. The molecule has 2 rings (SSSR count). The van der Waals surface area contributed by atoms with Crippen molar-refractivity contribution in [1.29, 1.82) is 5.26 Å². The molecule has 1 saturated carbocycles. The quantitative estimate of drug-likeness (QED) is 0.448. The summed E-state index contributed by atoms with van der Waals surface area (Å²) in [4.78, 5) is 0. The van der Waals surface area contributed by atoms with Gasteiger partial charge in [-0.25, -0.2) is 4.39 Å². The van der Waals surface area contributed by atoms with Crippen molar-refractivity contribution in [3.8, 4) is 6.07 Å². The maximum Gasteiger partial charge on any atom is 0.125 e. The SMILES string of the molecule is C=CN.CCNCCCCNc1cc(F)ccc1C.N#CCCC1CCCCC1. The number of anilines is 1. The molecule has 0 bridgehead atoms. The predicted molar refractivity (Wildman–Crippen MR) is 123 cm³/mol. The third-order valence-electron chi connectivity index (χ3n) is 4.93. The lowest BCUT2D eigenvalue weighted by Gasteiger charge is -2.19. The van der Waals surface area contributed by atoms with Crippen molar-refractivity contribution in [3.63, 3.8) is 0 Å². The van der Waals surface area contributed by atoms with Crippen LogP contribution in [0, 0.1) is 30.0 Å². The molecule has 0 atom stereocenters. The molecule has 1 aliphatic carbocycles. The Morgan fingerprint density at radius 3 is 2.52 bits per heavy atom. The summed E-state index contributed by atoms with van der Waals surface area (Å²) in [6, 6.07) is 7.06.